The fraction of sp³-hybridized carbons (Fsp3) is 0.115. The quantitative estimate of drug-likeness (QED) is 0.251. The van der Waals surface area contributed by atoms with Crippen molar-refractivity contribution in [2.75, 3.05) is 11.9 Å². The minimum atomic E-state index is -0.191. The van der Waals surface area contributed by atoms with Crippen LogP contribution in [0.15, 0.2) is 89.9 Å². The number of para-hydroxylation sites is 2. The fourth-order valence-corrected chi connectivity index (χ4v) is 4.10. The van der Waals surface area contributed by atoms with Gasteiger partial charge < -0.3 is 19.6 Å². The minimum Gasteiger partial charge on any atom is -0.492 e. The molecular weight excluding hydrogens is 494 g/mol. The second-order valence-electron chi connectivity index (χ2n) is 7.78. The molecule has 7 nitrogen and oxygen atoms in total. The number of halogens is 1. The lowest BCUT2D eigenvalue weighted by molar-refractivity contribution is 0.102. The Balaban J connectivity index is 1.18. The summed E-state index contributed by atoms with van der Waals surface area (Å²) in [6.07, 6.45) is 6.33. The fourth-order valence-electron chi connectivity index (χ4n) is 3.61. The monoisotopic (exact) mass is 515 g/mol. The van der Waals surface area contributed by atoms with E-state index in [4.69, 9.17) is 4.74 Å². The third kappa shape index (κ3) is 5.02. The Bertz CT molecular complexity index is 1380. The number of ether oxygens (including phenoxy) is 1. The van der Waals surface area contributed by atoms with Crippen molar-refractivity contribution in [3.8, 4) is 17.1 Å². The molecule has 170 valence electrons. The van der Waals surface area contributed by atoms with E-state index in [1.165, 1.54) is 0 Å². The van der Waals surface area contributed by atoms with Crippen molar-refractivity contribution in [1.29, 1.82) is 0 Å². The molecular formula is C26H22BrN5O2. The number of hydrogen-bond acceptors (Lipinski definition) is 4. The largest absolute Gasteiger partial charge is 0.492 e. The van der Waals surface area contributed by atoms with Crippen LogP contribution in [-0.2, 0) is 6.54 Å². The maximum Gasteiger partial charge on any atom is 0.255 e. The highest BCUT2D eigenvalue weighted by atomic mass is 79.9. The van der Waals surface area contributed by atoms with Gasteiger partial charge in [-0.3, -0.25) is 4.79 Å². The number of anilines is 1. The molecule has 0 unspecified atom stereocenters. The number of aryl methyl sites for hydroxylation is 1. The zero-order valence-corrected chi connectivity index (χ0v) is 19.8. The molecule has 1 amide bonds. The van der Waals surface area contributed by atoms with Crippen molar-refractivity contribution in [3.05, 3.63) is 95.5 Å². The Hall–Kier alpha value is -3.91. The van der Waals surface area contributed by atoms with Gasteiger partial charge in [0.05, 0.1) is 28.4 Å². The summed E-state index contributed by atoms with van der Waals surface area (Å²) in [4.78, 5) is 24.7. The molecule has 8 heteroatoms. The van der Waals surface area contributed by atoms with Gasteiger partial charge in [0.1, 0.15) is 11.6 Å². The topological polar surface area (TPSA) is 84.8 Å². The predicted molar refractivity (Wildman–Crippen MR) is 136 cm³/mol. The number of aromatic nitrogens is 4. The third-order valence-electron chi connectivity index (χ3n) is 5.38. The summed E-state index contributed by atoms with van der Waals surface area (Å²) in [5.41, 5.74) is 4.11. The van der Waals surface area contributed by atoms with Gasteiger partial charge >= 0.3 is 0 Å². The van der Waals surface area contributed by atoms with E-state index in [9.17, 15) is 4.79 Å². The van der Waals surface area contributed by atoms with E-state index < -0.39 is 0 Å². The summed E-state index contributed by atoms with van der Waals surface area (Å²) in [5, 5.41) is 2.94. The molecule has 0 aliphatic carbocycles. The molecule has 0 fully saturated rings. The van der Waals surface area contributed by atoms with E-state index in [0.29, 0.717) is 23.6 Å². The predicted octanol–water partition coefficient (Wildman–Crippen LogP) is 5.91. The molecule has 3 aromatic carbocycles. The van der Waals surface area contributed by atoms with Crippen LogP contribution in [-0.4, -0.2) is 32.0 Å². The van der Waals surface area contributed by atoms with Gasteiger partial charge in [-0.05, 0) is 76.9 Å². The van der Waals surface area contributed by atoms with Crippen molar-refractivity contribution < 1.29 is 9.53 Å². The van der Waals surface area contributed by atoms with Gasteiger partial charge in [-0.25, -0.2) is 9.97 Å². The standard InChI is InChI=1S/C26H22BrN5O2/c27-21-16-19(8-11-24(21)34-15-3-13-32-14-12-28-17-32)26(33)29-20-9-6-18(7-10-20)25-30-22-4-1-2-5-23(22)31-25/h1-2,4-12,14,16-17H,3,13,15H2,(H,29,33)(H,30,31). The number of rotatable bonds is 8. The van der Waals surface area contributed by atoms with E-state index in [1.54, 1.807) is 30.7 Å². The summed E-state index contributed by atoms with van der Waals surface area (Å²) in [7, 11) is 0. The van der Waals surface area contributed by atoms with Crippen molar-refractivity contribution in [2.45, 2.75) is 13.0 Å². The van der Waals surface area contributed by atoms with Gasteiger partial charge in [0.2, 0.25) is 0 Å². The van der Waals surface area contributed by atoms with E-state index in [0.717, 1.165) is 39.9 Å². The second kappa shape index (κ2) is 9.93. The van der Waals surface area contributed by atoms with Crippen LogP contribution in [0.2, 0.25) is 0 Å². The first-order valence-corrected chi connectivity index (χ1v) is 11.7. The summed E-state index contributed by atoms with van der Waals surface area (Å²) in [5.74, 6) is 1.31. The first-order chi connectivity index (χ1) is 16.7. The second-order valence-corrected chi connectivity index (χ2v) is 8.64. The lowest BCUT2D eigenvalue weighted by Crippen LogP contribution is -2.12. The highest BCUT2D eigenvalue weighted by molar-refractivity contribution is 9.10. The maximum absolute atomic E-state index is 12.7. The number of nitrogens with zero attached hydrogens (tertiary/aromatic N) is 3. The minimum absolute atomic E-state index is 0.191. The Morgan fingerprint density at radius 2 is 1.94 bits per heavy atom. The average molecular weight is 516 g/mol. The molecule has 34 heavy (non-hydrogen) atoms. The number of carbonyl (C=O) groups is 1. The SMILES string of the molecule is O=C(Nc1ccc(-c2nc3ccccc3[nH]2)cc1)c1ccc(OCCCn2ccnc2)c(Br)c1. The molecule has 2 aromatic heterocycles. The van der Waals surface area contributed by atoms with Gasteiger partial charge in [-0.15, -0.1) is 0 Å². The van der Waals surface area contributed by atoms with E-state index in [1.807, 2.05) is 59.3 Å². The van der Waals surface area contributed by atoms with Crippen molar-refractivity contribution in [3.63, 3.8) is 0 Å². The normalized spacial score (nSPS) is 11.0. The van der Waals surface area contributed by atoms with Crippen LogP contribution >= 0.6 is 15.9 Å². The number of carbonyl (C=O) groups excluding carboxylic acids is 1. The lowest BCUT2D eigenvalue weighted by Gasteiger charge is -2.11. The third-order valence-corrected chi connectivity index (χ3v) is 6.00. The Morgan fingerprint density at radius 3 is 2.71 bits per heavy atom. The molecule has 0 aliphatic rings. The molecule has 0 atom stereocenters. The first-order valence-electron chi connectivity index (χ1n) is 10.9. The number of nitrogens with one attached hydrogen (secondary N) is 2. The molecule has 0 aliphatic heterocycles. The van der Waals surface area contributed by atoms with Gasteiger partial charge in [-0.2, -0.15) is 0 Å². The first kappa shape index (κ1) is 21.9. The number of imidazole rings is 2. The Morgan fingerprint density at radius 1 is 1.09 bits per heavy atom. The molecule has 0 radical (unpaired) electrons. The Kier molecular flexibility index (Phi) is 6.40. The zero-order chi connectivity index (χ0) is 23.3. The molecule has 0 bridgehead atoms. The summed E-state index contributed by atoms with van der Waals surface area (Å²) in [6.45, 7) is 1.41. The smallest absolute Gasteiger partial charge is 0.255 e. The zero-order valence-electron chi connectivity index (χ0n) is 18.2. The van der Waals surface area contributed by atoms with Crippen LogP contribution in [0.5, 0.6) is 5.75 Å². The Labute approximate surface area is 205 Å². The van der Waals surface area contributed by atoms with Crippen LogP contribution in [0.4, 0.5) is 5.69 Å². The van der Waals surface area contributed by atoms with Crippen molar-refractivity contribution in [2.24, 2.45) is 0 Å². The van der Waals surface area contributed by atoms with Gasteiger partial charge in [-0.1, -0.05) is 12.1 Å². The summed E-state index contributed by atoms with van der Waals surface area (Å²) < 4.78 is 8.59. The molecule has 5 rings (SSSR count). The summed E-state index contributed by atoms with van der Waals surface area (Å²) >= 11 is 3.51. The molecule has 0 saturated heterocycles. The molecule has 5 aromatic rings. The van der Waals surface area contributed by atoms with Crippen LogP contribution in [0.25, 0.3) is 22.4 Å². The lowest BCUT2D eigenvalue weighted by atomic mass is 10.1. The summed E-state index contributed by atoms with van der Waals surface area (Å²) in [6, 6.07) is 20.8. The van der Waals surface area contributed by atoms with Gasteiger partial charge in [0.15, 0.2) is 0 Å². The number of aromatic amines is 1. The van der Waals surface area contributed by atoms with E-state index >= 15 is 0 Å². The van der Waals surface area contributed by atoms with E-state index in [-0.39, 0.29) is 5.91 Å². The van der Waals surface area contributed by atoms with Gasteiger partial charge in [0.25, 0.3) is 5.91 Å². The number of H-pyrrole nitrogens is 1. The molecule has 0 saturated carbocycles. The van der Waals surface area contributed by atoms with Crippen LogP contribution in [0.3, 0.4) is 0 Å². The number of amides is 1. The molecule has 2 N–H and O–H groups in total. The molecule has 2 heterocycles. The molecule has 0 spiro atoms. The van der Waals surface area contributed by atoms with Gasteiger partial charge in [0, 0.05) is 35.8 Å². The van der Waals surface area contributed by atoms with Crippen molar-refractivity contribution >= 4 is 38.6 Å². The number of fused-ring (bicyclic) bond motifs is 1. The highest BCUT2D eigenvalue weighted by Gasteiger charge is 2.11. The number of hydrogen-bond donors (Lipinski definition) is 2. The maximum atomic E-state index is 12.7. The van der Waals surface area contributed by atoms with Crippen molar-refractivity contribution in [1.82, 2.24) is 19.5 Å². The average Bonchev–Trinajstić information content (AvgIpc) is 3.53. The van der Waals surface area contributed by atoms with Crippen LogP contribution < -0.4 is 10.1 Å². The number of benzene rings is 3. The van der Waals surface area contributed by atoms with Crippen LogP contribution in [0.1, 0.15) is 16.8 Å². The van der Waals surface area contributed by atoms with E-state index in [2.05, 4.69) is 36.2 Å². The van der Waals surface area contributed by atoms with Crippen LogP contribution in [0, 0.1) is 0 Å². The highest BCUT2D eigenvalue weighted by Crippen LogP contribution is 2.27.